The second kappa shape index (κ2) is 6.56. The first-order chi connectivity index (χ1) is 9.60. The molecule has 110 valence electrons. The SMILES string of the molecule is CCCN1CCC(Nc2ncc(N)cc2C(N)=O)CC1. The van der Waals surface area contributed by atoms with Crippen molar-refractivity contribution in [3.05, 3.63) is 17.8 Å². The lowest BCUT2D eigenvalue weighted by Crippen LogP contribution is -2.39. The first-order valence-electron chi connectivity index (χ1n) is 7.14. The van der Waals surface area contributed by atoms with Crippen LogP contribution in [0.4, 0.5) is 11.5 Å². The van der Waals surface area contributed by atoms with Gasteiger partial charge in [0.05, 0.1) is 17.4 Å². The Kier molecular flexibility index (Phi) is 4.79. The van der Waals surface area contributed by atoms with Crippen LogP contribution in [0.2, 0.25) is 0 Å². The van der Waals surface area contributed by atoms with Gasteiger partial charge in [-0.25, -0.2) is 4.98 Å². The maximum atomic E-state index is 11.4. The van der Waals surface area contributed by atoms with E-state index in [1.54, 1.807) is 12.3 Å². The average molecular weight is 277 g/mol. The minimum Gasteiger partial charge on any atom is -0.397 e. The summed E-state index contributed by atoms with van der Waals surface area (Å²) in [5.41, 5.74) is 11.8. The number of nitrogens with one attached hydrogen (secondary N) is 1. The van der Waals surface area contributed by atoms with E-state index in [1.165, 1.54) is 6.42 Å². The first-order valence-corrected chi connectivity index (χ1v) is 7.14. The molecule has 2 rings (SSSR count). The number of primary amides is 1. The number of carbonyl (C=O) groups excluding carboxylic acids is 1. The van der Waals surface area contributed by atoms with Gasteiger partial charge in [-0.3, -0.25) is 4.79 Å². The van der Waals surface area contributed by atoms with Crippen molar-refractivity contribution < 1.29 is 4.79 Å². The number of aromatic nitrogens is 1. The maximum Gasteiger partial charge on any atom is 0.252 e. The molecule has 1 aliphatic rings. The molecule has 1 saturated heterocycles. The average Bonchev–Trinajstić information content (AvgIpc) is 2.43. The van der Waals surface area contributed by atoms with Gasteiger partial charge < -0.3 is 21.7 Å². The van der Waals surface area contributed by atoms with E-state index < -0.39 is 5.91 Å². The summed E-state index contributed by atoms with van der Waals surface area (Å²) in [5.74, 6) is 0.0383. The third-order valence-corrected chi connectivity index (χ3v) is 3.64. The van der Waals surface area contributed by atoms with Crippen LogP contribution in [0.25, 0.3) is 0 Å². The van der Waals surface area contributed by atoms with Gasteiger partial charge in [-0.15, -0.1) is 0 Å². The van der Waals surface area contributed by atoms with Gasteiger partial charge in [0.1, 0.15) is 5.82 Å². The highest BCUT2D eigenvalue weighted by atomic mass is 16.1. The van der Waals surface area contributed by atoms with Crippen LogP contribution in [0.3, 0.4) is 0 Å². The molecule has 1 amide bonds. The Morgan fingerprint density at radius 2 is 2.20 bits per heavy atom. The molecule has 0 aromatic carbocycles. The maximum absolute atomic E-state index is 11.4. The van der Waals surface area contributed by atoms with E-state index in [-0.39, 0.29) is 0 Å². The lowest BCUT2D eigenvalue weighted by atomic mass is 10.0. The molecule has 0 spiro atoms. The second-order valence-corrected chi connectivity index (χ2v) is 5.29. The van der Waals surface area contributed by atoms with E-state index >= 15 is 0 Å². The van der Waals surface area contributed by atoms with E-state index in [0.29, 0.717) is 23.1 Å². The molecule has 1 aromatic rings. The summed E-state index contributed by atoms with van der Waals surface area (Å²) < 4.78 is 0. The molecule has 6 nitrogen and oxygen atoms in total. The van der Waals surface area contributed by atoms with E-state index in [4.69, 9.17) is 11.5 Å². The molecule has 20 heavy (non-hydrogen) atoms. The third-order valence-electron chi connectivity index (χ3n) is 3.64. The number of carbonyl (C=O) groups is 1. The number of piperidine rings is 1. The Bertz CT molecular complexity index is 469. The summed E-state index contributed by atoms with van der Waals surface area (Å²) in [6.45, 7) is 5.50. The van der Waals surface area contributed by atoms with Crippen molar-refractivity contribution in [3.8, 4) is 0 Å². The van der Waals surface area contributed by atoms with Crippen LogP contribution >= 0.6 is 0 Å². The Balaban J connectivity index is 1.99. The first kappa shape index (κ1) is 14.6. The zero-order chi connectivity index (χ0) is 14.5. The number of hydrogen-bond donors (Lipinski definition) is 3. The number of rotatable bonds is 5. The normalized spacial score (nSPS) is 17.1. The van der Waals surface area contributed by atoms with Crippen molar-refractivity contribution in [3.63, 3.8) is 0 Å². The summed E-state index contributed by atoms with van der Waals surface area (Å²) in [6.07, 6.45) is 4.82. The largest absolute Gasteiger partial charge is 0.397 e. The van der Waals surface area contributed by atoms with Gasteiger partial charge in [0.2, 0.25) is 0 Å². The highest BCUT2D eigenvalue weighted by Crippen LogP contribution is 2.20. The molecule has 5 N–H and O–H groups in total. The highest BCUT2D eigenvalue weighted by Gasteiger charge is 2.20. The quantitative estimate of drug-likeness (QED) is 0.747. The van der Waals surface area contributed by atoms with E-state index in [0.717, 1.165) is 32.5 Å². The number of hydrogen-bond acceptors (Lipinski definition) is 5. The predicted molar refractivity (Wildman–Crippen MR) is 80.5 cm³/mol. The fourth-order valence-electron chi connectivity index (χ4n) is 2.59. The van der Waals surface area contributed by atoms with Crippen molar-refractivity contribution >= 4 is 17.4 Å². The number of likely N-dealkylation sites (tertiary alicyclic amines) is 1. The summed E-state index contributed by atoms with van der Waals surface area (Å²) >= 11 is 0. The molecular weight excluding hydrogens is 254 g/mol. The second-order valence-electron chi connectivity index (χ2n) is 5.29. The molecule has 1 aromatic heterocycles. The van der Waals surface area contributed by atoms with Crippen LogP contribution in [0, 0.1) is 0 Å². The lowest BCUT2D eigenvalue weighted by Gasteiger charge is -2.32. The van der Waals surface area contributed by atoms with E-state index in [9.17, 15) is 4.79 Å². The van der Waals surface area contributed by atoms with Gasteiger partial charge in [0, 0.05) is 19.1 Å². The van der Waals surface area contributed by atoms with Crippen LogP contribution in [-0.2, 0) is 0 Å². The minimum atomic E-state index is -0.504. The fraction of sp³-hybridized carbons (Fsp3) is 0.571. The number of nitrogens with zero attached hydrogens (tertiary/aromatic N) is 2. The Hall–Kier alpha value is -1.82. The molecule has 2 heterocycles. The summed E-state index contributed by atoms with van der Waals surface area (Å²) in [5, 5.41) is 3.33. The molecule has 0 radical (unpaired) electrons. The molecule has 1 fully saturated rings. The smallest absolute Gasteiger partial charge is 0.252 e. The number of amides is 1. The minimum absolute atomic E-state index is 0.331. The standard InChI is InChI=1S/C14H23N5O/c1-2-5-19-6-3-11(4-7-19)18-14-12(13(16)20)8-10(15)9-17-14/h8-9,11H,2-7,15H2,1H3,(H2,16,20)(H,17,18). The molecule has 0 saturated carbocycles. The van der Waals surface area contributed by atoms with Gasteiger partial charge in [-0.2, -0.15) is 0 Å². The lowest BCUT2D eigenvalue weighted by molar-refractivity contribution is 0.100. The van der Waals surface area contributed by atoms with Crippen molar-refractivity contribution in [2.75, 3.05) is 30.7 Å². The highest BCUT2D eigenvalue weighted by molar-refractivity contribution is 5.98. The van der Waals surface area contributed by atoms with Crippen LogP contribution in [0.1, 0.15) is 36.5 Å². The van der Waals surface area contributed by atoms with Crippen molar-refractivity contribution in [2.24, 2.45) is 5.73 Å². The van der Waals surface area contributed by atoms with Crippen LogP contribution in [0.15, 0.2) is 12.3 Å². The number of anilines is 2. The Morgan fingerprint density at radius 3 is 2.80 bits per heavy atom. The summed E-state index contributed by atoms with van der Waals surface area (Å²) in [4.78, 5) is 18.1. The number of nitrogens with two attached hydrogens (primary N) is 2. The predicted octanol–water partition coefficient (Wildman–Crippen LogP) is 1.05. The van der Waals surface area contributed by atoms with Crippen LogP contribution in [0.5, 0.6) is 0 Å². The zero-order valence-electron chi connectivity index (χ0n) is 11.9. The zero-order valence-corrected chi connectivity index (χ0v) is 11.9. The number of nitrogen functional groups attached to an aromatic ring is 1. The topological polar surface area (TPSA) is 97.3 Å². The van der Waals surface area contributed by atoms with Crippen molar-refractivity contribution in [2.45, 2.75) is 32.2 Å². The Labute approximate surface area is 119 Å². The van der Waals surface area contributed by atoms with Gasteiger partial charge in [-0.1, -0.05) is 6.92 Å². The fourth-order valence-corrected chi connectivity index (χ4v) is 2.59. The summed E-state index contributed by atoms with van der Waals surface area (Å²) in [7, 11) is 0. The molecule has 0 atom stereocenters. The molecule has 6 heteroatoms. The van der Waals surface area contributed by atoms with E-state index in [1.807, 2.05) is 0 Å². The molecule has 0 aliphatic carbocycles. The summed E-state index contributed by atoms with van der Waals surface area (Å²) in [6, 6.07) is 1.90. The van der Waals surface area contributed by atoms with Gasteiger partial charge in [0.25, 0.3) is 5.91 Å². The van der Waals surface area contributed by atoms with Gasteiger partial charge >= 0.3 is 0 Å². The number of pyridine rings is 1. The van der Waals surface area contributed by atoms with Crippen LogP contribution < -0.4 is 16.8 Å². The van der Waals surface area contributed by atoms with Gasteiger partial charge in [0.15, 0.2) is 0 Å². The van der Waals surface area contributed by atoms with Crippen LogP contribution in [-0.4, -0.2) is 41.5 Å². The Morgan fingerprint density at radius 1 is 1.50 bits per heavy atom. The van der Waals surface area contributed by atoms with E-state index in [2.05, 4.69) is 22.1 Å². The molecular formula is C14H23N5O. The third kappa shape index (κ3) is 3.60. The molecule has 1 aliphatic heterocycles. The van der Waals surface area contributed by atoms with Crippen molar-refractivity contribution in [1.29, 1.82) is 0 Å². The molecule has 0 unspecified atom stereocenters. The monoisotopic (exact) mass is 277 g/mol. The molecule has 0 bridgehead atoms. The van der Waals surface area contributed by atoms with Gasteiger partial charge in [-0.05, 0) is 31.9 Å². The van der Waals surface area contributed by atoms with Crippen molar-refractivity contribution in [1.82, 2.24) is 9.88 Å².